The molecule has 3 heterocycles. The number of nitrogens with zero attached hydrogens (tertiary/aromatic N) is 2. The van der Waals surface area contributed by atoms with Crippen LogP contribution in [0.2, 0.25) is 0 Å². The Morgan fingerprint density at radius 1 is 1.32 bits per heavy atom. The standard InChI is InChI=1S/C17H20N4O4/c1-20-8-2-4-12(20)10-18-15(22)7-6-14-16(23)21(17(24)19-14)11-13-5-3-9-25-13/h2-5,8-9,14H,6-7,10-11H2,1H3,(H,18,22)(H,19,24)/t14-/m1/s1. The molecule has 0 aromatic carbocycles. The summed E-state index contributed by atoms with van der Waals surface area (Å²) in [5, 5.41) is 5.42. The largest absolute Gasteiger partial charge is 0.467 e. The van der Waals surface area contributed by atoms with Crippen LogP contribution in [-0.2, 0) is 29.7 Å². The van der Waals surface area contributed by atoms with Gasteiger partial charge in [0, 0.05) is 25.4 Å². The maximum atomic E-state index is 12.3. The lowest BCUT2D eigenvalue weighted by molar-refractivity contribution is -0.128. The highest BCUT2D eigenvalue weighted by Crippen LogP contribution is 2.15. The van der Waals surface area contributed by atoms with Crippen molar-refractivity contribution < 1.29 is 18.8 Å². The number of carbonyl (C=O) groups is 3. The van der Waals surface area contributed by atoms with Gasteiger partial charge >= 0.3 is 6.03 Å². The fraction of sp³-hybridized carbons (Fsp3) is 0.353. The molecular formula is C17H20N4O4. The van der Waals surface area contributed by atoms with E-state index in [-0.39, 0.29) is 31.2 Å². The first-order valence-corrected chi connectivity index (χ1v) is 8.06. The Morgan fingerprint density at radius 2 is 2.16 bits per heavy atom. The van der Waals surface area contributed by atoms with Crippen molar-refractivity contribution in [2.45, 2.75) is 32.0 Å². The number of hydrogen-bond acceptors (Lipinski definition) is 4. The predicted octanol–water partition coefficient (Wildman–Crippen LogP) is 1.14. The zero-order chi connectivity index (χ0) is 17.8. The summed E-state index contributed by atoms with van der Waals surface area (Å²) in [5.74, 6) is 0.0360. The van der Waals surface area contributed by atoms with Gasteiger partial charge in [-0.25, -0.2) is 4.79 Å². The van der Waals surface area contributed by atoms with Crippen LogP contribution < -0.4 is 10.6 Å². The zero-order valence-electron chi connectivity index (χ0n) is 13.9. The van der Waals surface area contributed by atoms with E-state index in [1.54, 1.807) is 12.1 Å². The third kappa shape index (κ3) is 3.90. The third-order valence-electron chi connectivity index (χ3n) is 4.18. The summed E-state index contributed by atoms with van der Waals surface area (Å²) >= 11 is 0. The molecule has 0 radical (unpaired) electrons. The average molecular weight is 344 g/mol. The van der Waals surface area contributed by atoms with Gasteiger partial charge in [0.25, 0.3) is 5.91 Å². The van der Waals surface area contributed by atoms with Crippen LogP contribution in [0.5, 0.6) is 0 Å². The van der Waals surface area contributed by atoms with Gasteiger partial charge in [0.15, 0.2) is 0 Å². The summed E-state index contributed by atoms with van der Waals surface area (Å²) in [6.07, 6.45) is 3.82. The number of imide groups is 1. The van der Waals surface area contributed by atoms with Gasteiger partial charge < -0.3 is 19.6 Å². The number of urea groups is 1. The number of rotatable bonds is 7. The lowest BCUT2D eigenvalue weighted by Crippen LogP contribution is -2.32. The number of aromatic nitrogens is 1. The lowest BCUT2D eigenvalue weighted by atomic mass is 10.1. The Kier molecular flexibility index (Phi) is 4.87. The molecule has 25 heavy (non-hydrogen) atoms. The third-order valence-corrected chi connectivity index (χ3v) is 4.18. The molecule has 0 saturated carbocycles. The second-order valence-corrected chi connectivity index (χ2v) is 5.93. The van der Waals surface area contributed by atoms with Crippen molar-refractivity contribution in [2.24, 2.45) is 7.05 Å². The highest BCUT2D eigenvalue weighted by atomic mass is 16.3. The normalized spacial score (nSPS) is 17.0. The van der Waals surface area contributed by atoms with E-state index < -0.39 is 12.1 Å². The Hall–Kier alpha value is -3.03. The molecule has 0 spiro atoms. The van der Waals surface area contributed by atoms with E-state index in [9.17, 15) is 14.4 Å². The fourth-order valence-electron chi connectivity index (χ4n) is 2.71. The van der Waals surface area contributed by atoms with E-state index in [2.05, 4.69) is 10.6 Å². The van der Waals surface area contributed by atoms with Crippen molar-refractivity contribution in [1.29, 1.82) is 0 Å². The smallest absolute Gasteiger partial charge is 0.325 e. The van der Waals surface area contributed by atoms with E-state index in [0.717, 1.165) is 10.6 Å². The topological polar surface area (TPSA) is 96.6 Å². The van der Waals surface area contributed by atoms with Gasteiger partial charge in [0.2, 0.25) is 5.91 Å². The summed E-state index contributed by atoms with van der Waals surface area (Å²) in [7, 11) is 1.90. The molecule has 1 saturated heterocycles. The molecule has 0 unspecified atom stereocenters. The van der Waals surface area contributed by atoms with Crippen LogP contribution in [-0.4, -0.2) is 33.4 Å². The first-order chi connectivity index (χ1) is 12.0. The second-order valence-electron chi connectivity index (χ2n) is 5.93. The first-order valence-electron chi connectivity index (χ1n) is 8.06. The van der Waals surface area contributed by atoms with Crippen LogP contribution in [0.4, 0.5) is 4.79 Å². The predicted molar refractivity (Wildman–Crippen MR) is 88.1 cm³/mol. The maximum Gasteiger partial charge on any atom is 0.325 e. The van der Waals surface area contributed by atoms with Gasteiger partial charge in [-0.1, -0.05) is 0 Å². The van der Waals surface area contributed by atoms with Crippen molar-refractivity contribution in [2.75, 3.05) is 0 Å². The van der Waals surface area contributed by atoms with Crippen LogP contribution in [0.3, 0.4) is 0 Å². The molecule has 0 bridgehead atoms. The quantitative estimate of drug-likeness (QED) is 0.736. The number of hydrogen-bond donors (Lipinski definition) is 2. The maximum absolute atomic E-state index is 12.3. The van der Waals surface area contributed by atoms with Crippen molar-refractivity contribution in [1.82, 2.24) is 20.1 Å². The van der Waals surface area contributed by atoms with Crippen molar-refractivity contribution in [3.05, 3.63) is 48.2 Å². The van der Waals surface area contributed by atoms with E-state index in [0.29, 0.717) is 12.3 Å². The number of aryl methyl sites for hydroxylation is 1. The minimum atomic E-state index is -0.678. The molecule has 2 N–H and O–H groups in total. The second kappa shape index (κ2) is 7.25. The fourth-order valence-corrected chi connectivity index (χ4v) is 2.71. The van der Waals surface area contributed by atoms with Crippen LogP contribution in [0, 0.1) is 0 Å². The average Bonchev–Trinajstić information content (AvgIpc) is 3.30. The Labute approximate surface area is 144 Å². The van der Waals surface area contributed by atoms with Crippen LogP contribution >= 0.6 is 0 Å². The molecule has 1 aliphatic rings. The molecule has 8 nitrogen and oxygen atoms in total. The van der Waals surface area contributed by atoms with Crippen molar-refractivity contribution in [3.63, 3.8) is 0 Å². The van der Waals surface area contributed by atoms with Crippen molar-refractivity contribution in [3.8, 4) is 0 Å². The molecular weight excluding hydrogens is 324 g/mol. The van der Waals surface area contributed by atoms with Crippen LogP contribution in [0.1, 0.15) is 24.3 Å². The Morgan fingerprint density at radius 3 is 2.84 bits per heavy atom. The van der Waals surface area contributed by atoms with Gasteiger partial charge in [-0.2, -0.15) is 0 Å². The minimum Gasteiger partial charge on any atom is -0.467 e. The molecule has 2 aromatic rings. The summed E-state index contributed by atoms with van der Waals surface area (Å²) in [5.41, 5.74) is 0.989. The molecule has 8 heteroatoms. The van der Waals surface area contributed by atoms with E-state index >= 15 is 0 Å². The van der Waals surface area contributed by atoms with Gasteiger partial charge in [0.1, 0.15) is 11.8 Å². The number of nitrogens with one attached hydrogen (secondary N) is 2. The van der Waals surface area contributed by atoms with Crippen LogP contribution in [0.15, 0.2) is 41.1 Å². The monoisotopic (exact) mass is 344 g/mol. The number of furan rings is 1. The first kappa shape index (κ1) is 16.8. The van der Waals surface area contributed by atoms with E-state index in [1.807, 2.05) is 29.9 Å². The summed E-state index contributed by atoms with van der Waals surface area (Å²) in [6.45, 7) is 0.520. The Balaban J connectivity index is 1.46. The lowest BCUT2D eigenvalue weighted by Gasteiger charge is -2.11. The molecule has 2 aromatic heterocycles. The number of amides is 4. The highest BCUT2D eigenvalue weighted by molar-refractivity contribution is 6.04. The van der Waals surface area contributed by atoms with Crippen molar-refractivity contribution >= 4 is 17.8 Å². The zero-order valence-corrected chi connectivity index (χ0v) is 13.9. The highest BCUT2D eigenvalue weighted by Gasteiger charge is 2.38. The van der Waals surface area contributed by atoms with Gasteiger partial charge in [-0.3, -0.25) is 14.5 Å². The number of carbonyl (C=O) groups excluding carboxylic acids is 3. The van der Waals surface area contributed by atoms with Gasteiger partial charge in [-0.15, -0.1) is 0 Å². The van der Waals surface area contributed by atoms with Crippen LogP contribution in [0.25, 0.3) is 0 Å². The molecule has 132 valence electrons. The van der Waals surface area contributed by atoms with Gasteiger partial charge in [0.05, 0.1) is 19.4 Å². The SMILES string of the molecule is Cn1cccc1CNC(=O)CC[C@H]1NC(=O)N(Cc2ccco2)C1=O. The molecule has 3 rings (SSSR count). The van der Waals surface area contributed by atoms with Gasteiger partial charge in [-0.05, 0) is 30.7 Å². The van der Waals surface area contributed by atoms with E-state index in [1.165, 1.54) is 6.26 Å². The summed E-state index contributed by atoms with van der Waals surface area (Å²) < 4.78 is 7.09. The molecule has 1 atom stereocenters. The molecule has 1 fully saturated rings. The minimum absolute atomic E-state index is 0.0911. The Bertz CT molecular complexity index is 765. The molecule has 4 amide bonds. The summed E-state index contributed by atoms with van der Waals surface area (Å²) in [6, 6.07) is 6.08. The van der Waals surface area contributed by atoms with E-state index in [4.69, 9.17) is 4.42 Å². The molecule has 1 aliphatic heterocycles. The summed E-state index contributed by atoms with van der Waals surface area (Å²) in [4.78, 5) is 37.3. The molecule has 0 aliphatic carbocycles.